The third kappa shape index (κ3) is 6.68. The second-order valence-electron chi connectivity index (χ2n) is 6.78. The van der Waals surface area contributed by atoms with Gasteiger partial charge in [0.1, 0.15) is 0 Å². The Labute approximate surface area is 170 Å². The highest BCUT2D eigenvalue weighted by molar-refractivity contribution is 7.99. The molecule has 1 aliphatic rings. The van der Waals surface area contributed by atoms with Gasteiger partial charge in [0.15, 0.2) is 0 Å². The number of hydrogen-bond acceptors (Lipinski definition) is 5. The fourth-order valence-corrected chi connectivity index (χ4v) is 3.79. The average molecular weight is 396 g/mol. The third-order valence-electron chi connectivity index (χ3n) is 4.61. The number of nitrogens with one attached hydrogen (secondary N) is 1. The van der Waals surface area contributed by atoms with Crippen LogP contribution in [0.2, 0.25) is 0 Å². The highest BCUT2D eigenvalue weighted by Gasteiger charge is 2.10. The minimum Gasteiger partial charge on any atom is -0.379 e. The number of carbonyl (C=O) groups excluding carboxylic acids is 1. The van der Waals surface area contributed by atoms with Crippen LogP contribution in [-0.4, -0.2) is 42.9 Å². The van der Waals surface area contributed by atoms with E-state index in [2.05, 4.69) is 40.6 Å². The number of benzene rings is 2. The second kappa shape index (κ2) is 10.9. The van der Waals surface area contributed by atoms with Crippen molar-refractivity contribution in [3.8, 4) is 6.07 Å². The van der Waals surface area contributed by atoms with Gasteiger partial charge in [-0.25, -0.2) is 0 Å². The van der Waals surface area contributed by atoms with Crippen molar-refractivity contribution in [2.45, 2.75) is 18.8 Å². The first-order chi connectivity index (χ1) is 13.7. The van der Waals surface area contributed by atoms with E-state index >= 15 is 0 Å². The fourth-order valence-electron chi connectivity index (χ4n) is 2.97. The number of rotatable bonds is 8. The van der Waals surface area contributed by atoms with Crippen molar-refractivity contribution in [3.05, 3.63) is 70.8 Å². The Balaban J connectivity index is 1.35. The summed E-state index contributed by atoms with van der Waals surface area (Å²) in [6.45, 7) is 5.09. The van der Waals surface area contributed by atoms with Crippen LogP contribution in [0.25, 0.3) is 0 Å². The molecule has 0 bridgehead atoms. The molecule has 6 heteroatoms. The second-order valence-corrected chi connectivity index (χ2v) is 7.77. The molecule has 28 heavy (non-hydrogen) atoms. The number of amides is 1. The van der Waals surface area contributed by atoms with Crippen molar-refractivity contribution in [1.29, 1.82) is 5.26 Å². The highest BCUT2D eigenvalue weighted by atomic mass is 32.2. The Hall–Kier alpha value is -2.33. The maximum Gasteiger partial charge on any atom is 0.230 e. The number of hydrogen-bond donors (Lipinski definition) is 1. The van der Waals surface area contributed by atoms with E-state index in [9.17, 15) is 4.79 Å². The van der Waals surface area contributed by atoms with Gasteiger partial charge in [0.25, 0.3) is 0 Å². The Morgan fingerprint density at radius 1 is 1.04 bits per heavy atom. The van der Waals surface area contributed by atoms with Crippen LogP contribution in [0.3, 0.4) is 0 Å². The zero-order valence-electron chi connectivity index (χ0n) is 15.9. The van der Waals surface area contributed by atoms with Crippen LogP contribution >= 0.6 is 11.8 Å². The molecule has 0 aromatic heterocycles. The first-order valence-electron chi connectivity index (χ1n) is 9.44. The molecular formula is C22H25N3O2S. The summed E-state index contributed by atoms with van der Waals surface area (Å²) in [4.78, 5) is 14.4. The Bertz CT molecular complexity index is 794. The van der Waals surface area contributed by atoms with Crippen LogP contribution in [0.4, 0.5) is 0 Å². The lowest BCUT2D eigenvalue weighted by Crippen LogP contribution is -2.35. The molecule has 1 aliphatic heterocycles. The number of carbonyl (C=O) groups is 1. The van der Waals surface area contributed by atoms with Crippen molar-refractivity contribution >= 4 is 17.7 Å². The van der Waals surface area contributed by atoms with Crippen LogP contribution in [0.1, 0.15) is 22.3 Å². The van der Waals surface area contributed by atoms with Gasteiger partial charge in [-0.2, -0.15) is 5.26 Å². The van der Waals surface area contributed by atoms with Gasteiger partial charge in [-0.15, -0.1) is 11.8 Å². The summed E-state index contributed by atoms with van der Waals surface area (Å²) in [5.41, 5.74) is 4.17. The summed E-state index contributed by atoms with van der Waals surface area (Å²) in [5, 5.41) is 11.8. The monoisotopic (exact) mass is 395 g/mol. The summed E-state index contributed by atoms with van der Waals surface area (Å²) in [6.07, 6.45) is 0. The lowest BCUT2D eigenvalue weighted by molar-refractivity contribution is -0.118. The van der Waals surface area contributed by atoms with Crippen LogP contribution in [0.5, 0.6) is 0 Å². The molecule has 0 radical (unpaired) electrons. The van der Waals surface area contributed by atoms with E-state index < -0.39 is 0 Å². The summed E-state index contributed by atoms with van der Waals surface area (Å²) in [6, 6.07) is 18.0. The highest BCUT2D eigenvalue weighted by Crippen LogP contribution is 2.13. The molecule has 0 aliphatic carbocycles. The van der Waals surface area contributed by atoms with Gasteiger partial charge in [-0.3, -0.25) is 9.69 Å². The van der Waals surface area contributed by atoms with Crippen LogP contribution in [-0.2, 0) is 28.4 Å². The molecule has 2 aromatic carbocycles. The zero-order chi connectivity index (χ0) is 19.6. The molecule has 0 saturated carbocycles. The predicted octanol–water partition coefficient (Wildman–Crippen LogP) is 2.94. The molecular weight excluding hydrogens is 370 g/mol. The average Bonchev–Trinajstić information content (AvgIpc) is 2.74. The van der Waals surface area contributed by atoms with E-state index in [1.807, 2.05) is 12.1 Å². The molecule has 1 heterocycles. The minimum absolute atomic E-state index is 0.0380. The fraction of sp³-hybridized carbons (Fsp3) is 0.364. The quantitative estimate of drug-likeness (QED) is 0.744. The normalized spacial score (nSPS) is 14.4. The number of ether oxygens (including phenoxy) is 1. The summed E-state index contributed by atoms with van der Waals surface area (Å²) >= 11 is 1.57. The van der Waals surface area contributed by atoms with Gasteiger partial charge >= 0.3 is 0 Å². The number of thioether (sulfide) groups is 1. The number of nitriles is 1. The SMILES string of the molecule is N#Cc1ccc(CSCC(=O)NCc2ccc(CN3CCOCC3)cc2)cc1. The lowest BCUT2D eigenvalue weighted by Gasteiger charge is -2.26. The maximum atomic E-state index is 12.0. The predicted molar refractivity (Wildman–Crippen MR) is 112 cm³/mol. The minimum atomic E-state index is 0.0380. The van der Waals surface area contributed by atoms with Crippen molar-refractivity contribution in [3.63, 3.8) is 0 Å². The van der Waals surface area contributed by atoms with E-state index in [-0.39, 0.29) is 5.91 Å². The standard InChI is InChI=1S/C22H25N3O2S/c23-13-18-1-7-21(8-2-18)16-28-17-22(26)24-14-19-3-5-20(6-4-19)15-25-9-11-27-12-10-25/h1-8H,9-12,14-17H2,(H,24,26). The maximum absolute atomic E-state index is 12.0. The van der Waals surface area contributed by atoms with Gasteiger partial charge in [-0.1, -0.05) is 36.4 Å². The summed E-state index contributed by atoms with van der Waals surface area (Å²) < 4.78 is 5.38. The molecule has 5 nitrogen and oxygen atoms in total. The van der Waals surface area contributed by atoms with Crippen molar-refractivity contribution in [2.75, 3.05) is 32.1 Å². The third-order valence-corrected chi connectivity index (χ3v) is 5.61. The molecule has 0 unspecified atom stereocenters. The Kier molecular flexibility index (Phi) is 7.92. The van der Waals surface area contributed by atoms with E-state index in [1.165, 1.54) is 5.56 Å². The molecule has 2 aromatic rings. The number of morpholine rings is 1. The van der Waals surface area contributed by atoms with Gasteiger partial charge in [-0.05, 0) is 28.8 Å². The van der Waals surface area contributed by atoms with Gasteiger partial charge in [0.2, 0.25) is 5.91 Å². The van der Waals surface area contributed by atoms with Crippen LogP contribution in [0.15, 0.2) is 48.5 Å². The molecule has 1 amide bonds. The van der Waals surface area contributed by atoms with E-state index in [4.69, 9.17) is 10.00 Å². The van der Waals surface area contributed by atoms with Gasteiger partial charge in [0, 0.05) is 31.9 Å². The number of nitrogens with zero attached hydrogens (tertiary/aromatic N) is 2. The molecule has 3 rings (SSSR count). The van der Waals surface area contributed by atoms with Crippen molar-refractivity contribution in [2.24, 2.45) is 0 Å². The molecule has 146 valence electrons. The van der Waals surface area contributed by atoms with Gasteiger partial charge in [0.05, 0.1) is 30.6 Å². The van der Waals surface area contributed by atoms with Gasteiger partial charge < -0.3 is 10.1 Å². The van der Waals surface area contributed by atoms with Crippen molar-refractivity contribution < 1.29 is 9.53 Å². The first-order valence-corrected chi connectivity index (χ1v) is 10.6. The molecule has 1 N–H and O–H groups in total. The summed E-state index contributed by atoms with van der Waals surface area (Å²) in [5.74, 6) is 1.22. The summed E-state index contributed by atoms with van der Waals surface area (Å²) in [7, 11) is 0. The first kappa shape index (κ1) is 20.4. The smallest absolute Gasteiger partial charge is 0.230 e. The van der Waals surface area contributed by atoms with Crippen LogP contribution in [0, 0.1) is 11.3 Å². The Morgan fingerprint density at radius 3 is 2.36 bits per heavy atom. The molecule has 0 spiro atoms. The lowest BCUT2D eigenvalue weighted by atomic mass is 10.1. The van der Waals surface area contributed by atoms with Crippen molar-refractivity contribution in [1.82, 2.24) is 10.2 Å². The van der Waals surface area contributed by atoms with E-state index in [0.717, 1.165) is 49.7 Å². The molecule has 1 saturated heterocycles. The largest absolute Gasteiger partial charge is 0.379 e. The van der Waals surface area contributed by atoms with E-state index in [1.54, 1.807) is 23.9 Å². The molecule has 0 atom stereocenters. The molecule has 1 fully saturated rings. The van der Waals surface area contributed by atoms with Crippen LogP contribution < -0.4 is 5.32 Å². The Morgan fingerprint density at radius 2 is 1.68 bits per heavy atom. The topological polar surface area (TPSA) is 65.4 Å². The zero-order valence-corrected chi connectivity index (χ0v) is 16.7. The van der Waals surface area contributed by atoms with E-state index in [0.29, 0.717) is 17.9 Å².